The summed E-state index contributed by atoms with van der Waals surface area (Å²) in [6, 6.07) is 7.81. The smallest absolute Gasteiger partial charge is 0.328 e. The van der Waals surface area contributed by atoms with Gasteiger partial charge in [0.15, 0.2) is 5.82 Å². The lowest BCUT2D eigenvalue weighted by atomic mass is 10.1. The van der Waals surface area contributed by atoms with Crippen molar-refractivity contribution in [2.75, 3.05) is 31.2 Å². The molecular weight excluding hydrogens is 537 g/mol. The molecule has 12 heteroatoms. The highest BCUT2D eigenvalue weighted by molar-refractivity contribution is 5.94. The number of anilines is 1. The number of benzene rings is 2. The number of aryl methyl sites for hydroxylation is 3. The van der Waals surface area contributed by atoms with Crippen molar-refractivity contribution in [2.45, 2.75) is 18.9 Å². The van der Waals surface area contributed by atoms with Gasteiger partial charge in [0.25, 0.3) is 0 Å². The molecule has 4 aromatic heterocycles. The monoisotopic (exact) mass is 567 g/mol. The second-order valence-electron chi connectivity index (χ2n) is 11.3. The van der Waals surface area contributed by atoms with Crippen LogP contribution in [0.15, 0.2) is 54.0 Å². The number of rotatable bonds is 5. The van der Waals surface area contributed by atoms with E-state index in [0.717, 1.165) is 46.5 Å². The minimum atomic E-state index is -0.350. The number of imidazole rings is 3. The van der Waals surface area contributed by atoms with Crippen LogP contribution in [0.2, 0.25) is 0 Å². The summed E-state index contributed by atoms with van der Waals surface area (Å²) in [7, 11) is 5.48. The second-order valence-corrected chi connectivity index (χ2v) is 11.3. The van der Waals surface area contributed by atoms with E-state index in [-0.39, 0.29) is 11.5 Å². The molecule has 0 atom stereocenters. The Morgan fingerprint density at radius 1 is 0.976 bits per heavy atom. The summed E-state index contributed by atoms with van der Waals surface area (Å²) in [5.41, 5.74) is 6.47. The lowest BCUT2D eigenvalue weighted by Gasteiger charge is -2.30. The number of hydrogen-bond acceptors (Lipinski definition) is 6. The van der Waals surface area contributed by atoms with E-state index in [9.17, 15) is 4.79 Å². The number of fused-ring (bicyclic) bond motifs is 2. The van der Waals surface area contributed by atoms with Crippen LogP contribution in [0.5, 0.6) is 0 Å². The van der Waals surface area contributed by atoms with Crippen molar-refractivity contribution in [2.24, 2.45) is 21.1 Å². The Morgan fingerprint density at radius 2 is 1.79 bits per heavy atom. The average Bonchev–Trinajstić information content (AvgIpc) is 3.30. The number of ether oxygens (including phenoxy) is 1. The Balaban J connectivity index is 1.39. The molecule has 11 nitrogen and oxygen atoms in total. The van der Waals surface area contributed by atoms with Crippen LogP contribution < -0.4 is 10.6 Å². The van der Waals surface area contributed by atoms with E-state index in [1.165, 1.54) is 0 Å². The molecule has 8 rings (SSSR count). The molecule has 1 aliphatic carbocycles. The first kappa shape index (κ1) is 25.0. The lowest BCUT2D eigenvalue weighted by molar-refractivity contribution is 0.123. The molecule has 2 aliphatic rings. The third kappa shape index (κ3) is 3.74. The molecule has 5 heterocycles. The van der Waals surface area contributed by atoms with Gasteiger partial charge in [-0.3, -0.25) is 18.4 Å². The molecule has 42 heavy (non-hydrogen) atoms. The van der Waals surface area contributed by atoms with E-state index in [1.54, 1.807) is 54.1 Å². The van der Waals surface area contributed by atoms with Gasteiger partial charge in [-0.05, 0) is 31.0 Å². The summed E-state index contributed by atoms with van der Waals surface area (Å²) in [4.78, 5) is 24.7. The molecule has 6 aromatic rings. The number of aromatic nitrogens is 8. The molecule has 2 fully saturated rings. The van der Waals surface area contributed by atoms with E-state index in [1.807, 2.05) is 33.1 Å². The Bertz CT molecular complexity index is 2070. The molecule has 0 unspecified atom stereocenters. The highest BCUT2D eigenvalue weighted by Crippen LogP contribution is 2.38. The Labute approximate surface area is 240 Å². The molecule has 0 spiro atoms. The Hall–Kier alpha value is -4.71. The quantitative estimate of drug-likeness (QED) is 0.315. The second kappa shape index (κ2) is 9.15. The summed E-state index contributed by atoms with van der Waals surface area (Å²) < 4.78 is 30.7. The van der Waals surface area contributed by atoms with Crippen molar-refractivity contribution in [3.05, 3.63) is 65.5 Å². The first-order valence-corrected chi connectivity index (χ1v) is 14.1. The lowest BCUT2D eigenvalue weighted by Crippen LogP contribution is -2.36. The van der Waals surface area contributed by atoms with Crippen molar-refractivity contribution in [1.82, 2.24) is 38.0 Å². The maximum absolute atomic E-state index is 15.9. The summed E-state index contributed by atoms with van der Waals surface area (Å²) in [6.07, 6.45) is 9.32. The largest absolute Gasteiger partial charge is 0.378 e. The van der Waals surface area contributed by atoms with Gasteiger partial charge in [-0.25, -0.2) is 19.2 Å². The number of morpholine rings is 1. The number of halogens is 1. The summed E-state index contributed by atoms with van der Waals surface area (Å²) in [6.45, 7) is 2.61. The van der Waals surface area contributed by atoms with E-state index in [2.05, 4.69) is 21.0 Å². The van der Waals surface area contributed by atoms with Crippen LogP contribution in [0.4, 0.5) is 10.1 Å². The van der Waals surface area contributed by atoms with Crippen molar-refractivity contribution < 1.29 is 9.13 Å². The van der Waals surface area contributed by atoms with Crippen LogP contribution >= 0.6 is 0 Å². The van der Waals surface area contributed by atoms with Gasteiger partial charge in [0.05, 0.1) is 71.4 Å². The molecular formula is C30H30FN9O2. The zero-order valence-electron chi connectivity index (χ0n) is 23.7. The van der Waals surface area contributed by atoms with Crippen LogP contribution in [0.3, 0.4) is 0 Å². The first-order chi connectivity index (χ1) is 20.4. The third-order valence-electron chi connectivity index (χ3n) is 8.56. The van der Waals surface area contributed by atoms with Gasteiger partial charge in [-0.1, -0.05) is 0 Å². The van der Waals surface area contributed by atoms with Gasteiger partial charge in [0.2, 0.25) is 0 Å². The Morgan fingerprint density at radius 3 is 2.52 bits per heavy atom. The van der Waals surface area contributed by atoms with E-state index >= 15 is 4.39 Å². The average molecular weight is 568 g/mol. The molecule has 0 amide bonds. The van der Waals surface area contributed by atoms with Crippen molar-refractivity contribution in [3.63, 3.8) is 0 Å². The van der Waals surface area contributed by atoms with Gasteiger partial charge < -0.3 is 14.2 Å². The predicted octanol–water partition coefficient (Wildman–Crippen LogP) is 3.79. The van der Waals surface area contributed by atoms with Gasteiger partial charge >= 0.3 is 5.69 Å². The zero-order valence-corrected chi connectivity index (χ0v) is 23.7. The van der Waals surface area contributed by atoms with Gasteiger partial charge in [-0.15, -0.1) is 0 Å². The van der Waals surface area contributed by atoms with Crippen molar-refractivity contribution in [3.8, 4) is 28.3 Å². The minimum Gasteiger partial charge on any atom is -0.378 e. The highest BCUT2D eigenvalue weighted by atomic mass is 19.1. The van der Waals surface area contributed by atoms with Gasteiger partial charge in [0, 0.05) is 57.6 Å². The van der Waals surface area contributed by atoms with Gasteiger partial charge in [-0.2, -0.15) is 5.10 Å². The Kier molecular flexibility index (Phi) is 5.45. The maximum Gasteiger partial charge on any atom is 0.328 e. The normalized spacial score (nSPS) is 15.9. The molecule has 214 valence electrons. The molecule has 1 saturated heterocycles. The van der Waals surface area contributed by atoms with Crippen LogP contribution in [0, 0.1) is 5.82 Å². The van der Waals surface area contributed by atoms with Crippen molar-refractivity contribution in [1.29, 1.82) is 0 Å². The molecule has 0 N–H and O–H groups in total. The van der Waals surface area contributed by atoms with Gasteiger partial charge in [0.1, 0.15) is 11.5 Å². The van der Waals surface area contributed by atoms with E-state index in [4.69, 9.17) is 9.72 Å². The zero-order chi connectivity index (χ0) is 28.7. The van der Waals surface area contributed by atoms with E-state index < -0.39 is 0 Å². The van der Waals surface area contributed by atoms with Crippen LogP contribution in [-0.4, -0.2) is 64.3 Å². The third-order valence-corrected chi connectivity index (χ3v) is 8.56. The molecule has 1 saturated carbocycles. The van der Waals surface area contributed by atoms with Crippen molar-refractivity contribution >= 4 is 27.8 Å². The SMILES string of the molecule is Cn1cncc1-c1nc2cc(-c3cnn(C4CC4)c3)c(F)cc2n1-c1cc(N2CCOCC2)c2c(c1)n(C)c(=O)n2C. The molecule has 2 aromatic carbocycles. The number of hydrogen-bond donors (Lipinski definition) is 0. The fraction of sp³-hybridized carbons (Fsp3) is 0.333. The maximum atomic E-state index is 15.9. The predicted molar refractivity (Wildman–Crippen MR) is 157 cm³/mol. The minimum absolute atomic E-state index is 0.110. The molecule has 0 bridgehead atoms. The summed E-state index contributed by atoms with van der Waals surface area (Å²) >= 11 is 0. The topological polar surface area (TPSA) is 92.9 Å². The molecule has 1 aliphatic heterocycles. The molecule has 0 radical (unpaired) electrons. The van der Waals surface area contributed by atoms with E-state index in [0.29, 0.717) is 54.8 Å². The highest BCUT2D eigenvalue weighted by Gasteiger charge is 2.26. The number of nitrogens with zero attached hydrogens (tertiary/aromatic N) is 9. The van der Waals surface area contributed by atoms with Crippen LogP contribution in [0.1, 0.15) is 18.9 Å². The fourth-order valence-electron chi connectivity index (χ4n) is 6.13. The standard InChI is InChI=1S/C30H30FN9O2/c1-35-17-32-15-27(35)29-34-23-12-21(18-14-33-39(16-18)19-4-5-19)22(31)13-24(23)40(29)20-10-25-28(37(3)30(41)36(25)2)26(11-20)38-6-8-42-9-7-38/h10-17,19H,4-9H2,1-3H3. The first-order valence-electron chi connectivity index (χ1n) is 14.1. The fourth-order valence-corrected chi connectivity index (χ4v) is 6.13. The van der Waals surface area contributed by atoms with Crippen LogP contribution in [0.25, 0.3) is 50.4 Å². The van der Waals surface area contributed by atoms with Crippen LogP contribution in [-0.2, 0) is 25.9 Å². The summed E-state index contributed by atoms with van der Waals surface area (Å²) in [5.74, 6) is 0.278. The summed E-state index contributed by atoms with van der Waals surface area (Å²) in [5, 5.41) is 4.47.